The van der Waals surface area contributed by atoms with Gasteiger partial charge in [-0.1, -0.05) is 0 Å². The lowest BCUT2D eigenvalue weighted by Gasteiger charge is -2.03. The van der Waals surface area contributed by atoms with Crippen LogP contribution in [0.2, 0.25) is 0 Å². The largest absolute Gasteiger partial charge is 0.435 e. The molecule has 0 bridgehead atoms. The van der Waals surface area contributed by atoms with E-state index in [9.17, 15) is 18.0 Å². The zero-order valence-electron chi connectivity index (χ0n) is 8.54. The highest BCUT2D eigenvalue weighted by molar-refractivity contribution is 7.17. The maximum absolute atomic E-state index is 12.7. The Labute approximate surface area is 97.9 Å². The second-order valence-electron chi connectivity index (χ2n) is 3.90. The summed E-state index contributed by atoms with van der Waals surface area (Å²) < 4.78 is 39.4. The van der Waals surface area contributed by atoms with Crippen molar-refractivity contribution in [1.29, 1.82) is 0 Å². The molecular formula is C10H7F3N2OS. The van der Waals surface area contributed by atoms with Gasteiger partial charge in [0.05, 0.1) is 0 Å². The van der Waals surface area contributed by atoms with Crippen LogP contribution in [-0.4, -0.2) is 15.7 Å². The molecule has 90 valence electrons. The van der Waals surface area contributed by atoms with E-state index >= 15 is 0 Å². The SMILES string of the molecule is O=Cc1c(C(F)(F)F)nc2sc3c(n12)CCC3. The highest BCUT2D eigenvalue weighted by Gasteiger charge is 2.39. The summed E-state index contributed by atoms with van der Waals surface area (Å²) in [5.41, 5.74) is -0.629. The van der Waals surface area contributed by atoms with Crippen LogP contribution in [-0.2, 0) is 19.0 Å². The summed E-state index contributed by atoms with van der Waals surface area (Å²) in [6.07, 6.45) is -1.83. The van der Waals surface area contributed by atoms with Gasteiger partial charge in [-0.2, -0.15) is 13.2 Å². The Morgan fingerprint density at radius 1 is 1.35 bits per heavy atom. The Morgan fingerprint density at radius 3 is 2.76 bits per heavy atom. The van der Waals surface area contributed by atoms with Gasteiger partial charge >= 0.3 is 6.18 Å². The first-order valence-corrected chi connectivity index (χ1v) is 5.89. The van der Waals surface area contributed by atoms with Crippen LogP contribution < -0.4 is 0 Å². The van der Waals surface area contributed by atoms with E-state index in [2.05, 4.69) is 4.98 Å². The van der Waals surface area contributed by atoms with Gasteiger partial charge in [0.2, 0.25) is 0 Å². The predicted octanol–water partition coefficient (Wildman–Crippen LogP) is 2.72. The molecule has 0 radical (unpaired) electrons. The molecule has 0 aromatic carbocycles. The van der Waals surface area contributed by atoms with Crippen molar-refractivity contribution in [3.8, 4) is 0 Å². The van der Waals surface area contributed by atoms with E-state index < -0.39 is 11.9 Å². The van der Waals surface area contributed by atoms with Crippen molar-refractivity contribution < 1.29 is 18.0 Å². The summed E-state index contributed by atoms with van der Waals surface area (Å²) in [5.74, 6) is 0. The molecule has 0 aliphatic heterocycles. The first-order chi connectivity index (χ1) is 8.02. The molecule has 0 atom stereocenters. The van der Waals surface area contributed by atoms with Crippen LogP contribution in [0.4, 0.5) is 13.2 Å². The number of hydrogen-bond acceptors (Lipinski definition) is 3. The fraction of sp³-hybridized carbons (Fsp3) is 0.400. The van der Waals surface area contributed by atoms with E-state index in [4.69, 9.17) is 0 Å². The maximum atomic E-state index is 12.7. The fourth-order valence-corrected chi connectivity index (χ4v) is 3.43. The molecule has 0 spiro atoms. The number of rotatable bonds is 1. The quantitative estimate of drug-likeness (QED) is 0.739. The number of thiazole rings is 1. The third kappa shape index (κ3) is 1.41. The predicted molar refractivity (Wildman–Crippen MR) is 55.5 cm³/mol. The number of imidazole rings is 1. The van der Waals surface area contributed by atoms with E-state index in [1.54, 1.807) is 0 Å². The smallest absolute Gasteiger partial charge is 0.296 e. The number of fused-ring (bicyclic) bond motifs is 3. The molecule has 0 amide bonds. The van der Waals surface area contributed by atoms with Gasteiger partial charge in [-0.15, -0.1) is 11.3 Å². The lowest BCUT2D eigenvalue weighted by Crippen LogP contribution is -2.10. The lowest BCUT2D eigenvalue weighted by molar-refractivity contribution is -0.141. The average molecular weight is 260 g/mol. The summed E-state index contributed by atoms with van der Waals surface area (Å²) in [7, 11) is 0. The first-order valence-electron chi connectivity index (χ1n) is 5.07. The molecule has 0 fully saturated rings. The van der Waals surface area contributed by atoms with Crippen molar-refractivity contribution in [2.45, 2.75) is 25.4 Å². The van der Waals surface area contributed by atoms with Gasteiger partial charge in [-0.25, -0.2) is 4.98 Å². The number of carbonyl (C=O) groups excluding carboxylic acids is 1. The fourth-order valence-electron chi connectivity index (χ4n) is 2.22. The molecule has 3 rings (SSSR count). The Kier molecular flexibility index (Phi) is 2.10. The first kappa shape index (κ1) is 10.8. The number of carbonyl (C=O) groups is 1. The number of halogens is 3. The molecule has 0 saturated heterocycles. The van der Waals surface area contributed by atoms with E-state index in [0.29, 0.717) is 6.42 Å². The summed E-state index contributed by atoms with van der Waals surface area (Å²) in [5, 5.41) is 0. The van der Waals surface area contributed by atoms with Crippen molar-refractivity contribution in [1.82, 2.24) is 9.38 Å². The van der Waals surface area contributed by atoms with Gasteiger partial charge in [0.1, 0.15) is 5.69 Å². The van der Waals surface area contributed by atoms with Crippen LogP contribution in [0, 0.1) is 0 Å². The molecule has 0 unspecified atom stereocenters. The van der Waals surface area contributed by atoms with Crippen molar-refractivity contribution >= 4 is 22.6 Å². The Bertz CT molecular complexity index is 611. The zero-order chi connectivity index (χ0) is 12.2. The van der Waals surface area contributed by atoms with E-state index in [1.807, 2.05) is 0 Å². The van der Waals surface area contributed by atoms with Crippen LogP contribution in [0.15, 0.2) is 0 Å². The number of aldehydes is 1. The molecule has 2 aromatic rings. The van der Waals surface area contributed by atoms with Crippen molar-refractivity contribution in [2.75, 3.05) is 0 Å². The molecule has 1 aliphatic rings. The normalized spacial score (nSPS) is 15.5. The van der Waals surface area contributed by atoms with Crippen molar-refractivity contribution in [2.24, 2.45) is 0 Å². The standard InChI is InChI=1S/C10H7F3N2OS/c11-10(12,13)8-6(4-16)15-5-2-1-3-7(5)17-9(15)14-8/h4H,1-3H2. The van der Waals surface area contributed by atoms with E-state index in [-0.39, 0.29) is 16.9 Å². The minimum Gasteiger partial charge on any atom is -0.296 e. The molecule has 7 heteroatoms. The molecule has 1 aliphatic carbocycles. The summed E-state index contributed by atoms with van der Waals surface area (Å²) >= 11 is 1.25. The summed E-state index contributed by atoms with van der Waals surface area (Å²) in [6.45, 7) is 0. The minimum absolute atomic E-state index is 0.244. The minimum atomic E-state index is -4.58. The molecule has 0 N–H and O–H groups in total. The number of aryl methyl sites for hydroxylation is 2. The van der Waals surface area contributed by atoms with E-state index in [1.165, 1.54) is 15.7 Å². The van der Waals surface area contributed by atoms with Crippen LogP contribution >= 0.6 is 11.3 Å². The Morgan fingerprint density at radius 2 is 2.12 bits per heavy atom. The molecule has 17 heavy (non-hydrogen) atoms. The van der Waals surface area contributed by atoms with Gasteiger partial charge in [-0.3, -0.25) is 9.20 Å². The maximum Gasteiger partial charge on any atom is 0.435 e. The second-order valence-corrected chi connectivity index (χ2v) is 4.97. The average Bonchev–Trinajstić information content (AvgIpc) is 2.83. The van der Waals surface area contributed by atoms with Crippen LogP contribution in [0.25, 0.3) is 4.96 Å². The highest BCUT2D eigenvalue weighted by atomic mass is 32.1. The summed E-state index contributed by atoms with van der Waals surface area (Å²) in [6, 6.07) is 0. The monoisotopic (exact) mass is 260 g/mol. The number of aromatic nitrogens is 2. The third-order valence-electron chi connectivity index (χ3n) is 2.89. The van der Waals surface area contributed by atoms with Crippen LogP contribution in [0.1, 0.15) is 33.2 Å². The number of nitrogens with zero attached hydrogens (tertiary/aromatic N) is 2. The topological polar surface area (TPSA) is 34.4 Å². The molecule has 2 heterocycles. The Balaban J connectivity index is 2.34. The van der Waals surface area contributed by atoms with Gasteiger partial charge in [0.15, 0.2) is 16.9 Å². The highest BCUT2D eigenvalue weighted by Crippen LogP contribution is 2.37. The van der Waals surface area contributed by atoms with Crippen molar-refractivity contribution in [3.63, 3.8) is 0 Å². The molecule has 3 nitrogen and oxygen atoms in total. The zero-order valence-corrected chi connectivity index (χ0v) is 9.36. The van der Waals surface area contributed by atoms with Gasteiger partial charge in [0.25, 0.3) is 0 Å². The van der Waals surface area contributed by atoms with Crippen molar-refractivity contribution in [3.05, 3.63) is 22.0 Å². The molecule has 0 saturated carbocycles. The lowest BCUT2D eigenvalue weighted by atomic mass is 10.3. The molecule has 2 aromatic heterocycles. The van der Waals surface area contributed by atoms with Gasteiger partial charge < -0.3 is 0 Å². The third-order valence-corrected chi connectivity index (χ3v) is 4.03. The summed E-state index contributed by atoms with van der Waals surface area (Å²) in [4.78, 5) is 15.7. The van der Waals surface area contributed by atoms with Gasteiger partial charge in [-0.05, 0) is 19.3 Å². The molecular weight excluding hydrogens is 253 g/mol. The Hall–Kier alpha value is -1.37. The van der Waals surface area contributed by atoms with Gasteiger partial charge in [0, 0.05) is 10.6 Å². The van der Waals surface area contributed by atoms with Crippen LogP contribution in [0.3, 0.4) is 0 Å². The number of alkyl halides is 3. The van der Waals surface area contributed by atoms with E-state index in [0.717, 1.165) is 23.4 Å². The second kappa shape index (κ2) is 3.32. The van der Waals surface area contributed by atoms with Crippen LogP contribution in [0.5, 0.6) is 0 Å². The number of hydrogen-bond donors (Lipinski definition) is 0.